The Hall–Kier alpha value is -2.26. The number of hydrogen-bond donors (Lipinski definition) is 2. The molecule has 3 amide bonds. The van der Waals surface area contributed by atoms with Gasteiger partial charge in [-0.3, -0.25) is 10.1 Å². The van der Waals surface area contributed by atoms with E-state index in [0.717, 1.165) is 6.42 Å². The predicted molar refractivity (Wildman–Crippen MR) is 113 cm³/mol. The van der Waals surface area contributed by atoms with E-state index in [1.54, 1.807) is 11.9 Å². The van der Waals surface area contributed by atoms with Crippen LogP contribution in [0.2, 0.25) is 0 Å². The molecule has 0 aromatic heterocycles. The first-order valence-electron chi connectivity index (χ1n) is 9.78. The van der Waals surface area contributed by atoms with E-state index in [0.29, 0.717) is 10.9 Å². The maximum atomic E-state index is 12.5. The zero-order chi connectivity index (χ0) is 21.1. The van der Waals surface area contributed by atoms with E-state index in [1.165, 1.54) is 22.2 Å². The number of aliphatic imine (C=N–C) groups is 1. The summed E-state index contributed by atoms with van der Waals surface area (Å²) < 4.78 is 5.71. The fraction of sp³-hybridized carbons (Fsp3) is 0.550. The van der Waals surface area contributed by atoms with Crippen LogP contribution in [0.25, 0.3) is 0 Å². The highest BCUT2D eigenvalue weighted by atomic mass is 32.2. The van der Waals surface area contributed by atoms with Crippen molar-refractivity contribution in [3.63, 3.8) is 0 Å². The van der Waals surface area contributed by atoms with Crippen LogP contribution >= 0.6 is 11.8 Å². The van der Waals surface area contributed by atoms with Gasteiger partial charge in [-0.2, -0.15) is 0 Å². The third-order valence-corrected chi connectivity index (χ3v) is 5.87. The fourth-order valence-corrected chi connectivity index (χ4v) is 4.21. The molecule has 3 atom stereocenters. The monoisotopic (exact) mass is 420 g/mol. The second kappa shape index (κ2) is 9.04. The molecule has 0 bridgehead atoms. The SMILES string of the molecule is CCc1ccc(OCC(O)CN2C(SC(C)C)=NC3C2C(=O)NC(=O)N3C)cc1. The average molecular weight is 421 g/mol. The maximum absolute atomic E-state index is 12.5. The highest BCUT2D eigenvalue weighted by molar-refractivity contribution is 8.14. The number of ether oxygens (including phenoxy) is 1. The van der Waals surface area contributed by atoms with Crippen molar-refractivity contribution in [1.82, 2.24) is 15.1 Å². The Morgan fingerprint density at radius 1 is 1.28 bits per heavy atom. The quantitative estimate of drug-likeness (QED) is 0.697. The number of aliphatic hydroxyl groups excluding tert-OH is 1. The molecule has 29 heavy (non-hydrogen) atoms. The van der Waals surface area contributed by atoms with Crippen molar-refractivity contribution in [2.45, 2.75) is 50.8 Å². The van der Waals surface area contributed by atoms with Gasteiger partial charge in [-0.25, -0.2) is 9.79 Å². The van der Waals surface area contributed by atoms with Crippen LogP contribution in [0.1, 0.15) is 26.3 Å². The Morgan fingerprint density at radius 2 is 1.97 bits per heavy atom. The average Bonchev–Trinajstić information content (AvgIpc) is 3.03. The summed E-state index contributed by atoms with van der Waals surface area (Å²) in [5.74, 6) is 0.288. The molecule has 0 aliphatic carbocycles. The molecule has 2 heterocycles. The van der Waals surface area contributed by atoms with Crippen molar-refractivity contribution < 1.29 is 19.4 Å². The second-order valence-electron chi connectivity index (χ2n) is 7.46. The summed E-state index contributed by atoms with van der Waals surface area (Å²) in [5, 5.41) is 13.8. The summed E-state index contributed by atoms with van der Waals surface area (Å²) >= 11 is 1.51. The Morgan fingerprint density at radius 3 is 2.59 bits per heavy atom. The first kappa shape index (κ1) is 21.4. The van der Waals surface area contributed by atoms with Crippen LogP contribution < -0.4 is 10.1 Å². The topological polar surface area (TPSA) is 94.5 Å². The van der Waals surface area contributed by atoms with Crippen molar-refractivity contribution in [3.8, 4) is 5.75 Å². The molecule has 2 aliphatic rings. The van der Waals surface area contributed by atoms with E-state index in [9.17, 15) is 14.7 Å². The molecule has 1 aromatic carbocycles. The van der Waals surface area contributed by atoms with Crippen LogP contribution in [0.15, 0.2) is 29.3 Å². The molecule has 3 unspecified atom stereocenters. The van der Waals surface area contributed by atoms with Crippen LogP contribution in [-0.2, 0) is 11.2 Å². The van der Waals surface area contributed by atoms with Gasteiger partial charge in [0.15, 0.2) is 17.4 Å². The van der Waals surface area contributed by atoms with Crippen molar-refractivity contribution in [1.29, 1.82) is 0 Å². The number of β-amino-alcohol motifs (C(OH)–C–C–N with tert-alkyl or cyclic N) is 1. The number of benzene rings is 1. The van der Waals surface area contributed by atoms with Crippen LogP contribution in [0.5, 0.6) is 5.75 Å². The number of carbonyl (C=O) groups is 2. The number of aryl methyl sites for hydroxylation is 1. The summed E-state index contributed by atoms with van der Waals surface area (Å²) in [6.07, 6.45) is -0.463. The Kier molecular flexibility index (Phi) is 6.69. The van der Waals surface area contributed by atoms with E-state index < -0.39 is 30.2 Å². The van der Waals surface area contributed by atoms with Gasteiger partial charge in [0.25, 0.3) is 5.91 Å². The lowest BCUT2D eigenvalue weighted by Crippen LogP contribution is -2.64. The van der Waals surface area contributed by atoms with Gasteiger partial charge in [0.2, 0.25) is 0 Å². The largest absolute Gasteiger partial charge is 0.491 e. The number of likely N-dealkylation sites (N-methyl/N-ethyl adjacent to an activating group) is 1. The van der Waals surface area contributed by atoms with Crippen molar-refractivity contribution in [2.24, 2.45) is 4.99 Å². The number of thioether (sulfide) groups is 1. The number of aliphatic hydroxyl groups is 1. The van der Waals surface area contributed by atoms with Gasteiger partial charge in [0.1, 0.15) is 18.5 Å². The van der Waals surface area contributed by atoms with Crippen molar-refractivity contribution >= 4 is 28.9 Å². The van der Waals surface area contributed by atoms with Gasteiger partial charge >= 0.3 is 6.03 Å². The molecule has 9 heteroatoms. The number of urea groups is 1. The minimum Gasteiger partial charge on any atom is -0.491 e. The first-order chi connectivity index (χ1) is 13.8. The molecule has 0 spiro atoms. The highest BCUT2D eigenvalue weighted by Gasteiger charge is 2.49. The van der Waals surface area contributed by atoms with E-state index in [-0.39, 0.29) is 18.4 Å². The standard InChI is InChI=1S/C20H28N4O4S/c1-5-13-6-8-15(9-7-13)28-11-14(25)10-24-16-17(21-20(24)29-12(2)3)23(4)19(27)22-18(16)26/h6-9,12,14,16-17,25H,5,10-11H2,1-4H3,(H,22,26,27). The molecule has 1 saturated heterocycles. The number of rotatable bonds is 7. The lowest BCUT2D eigenvalue weighted by molar-refractivity contribution is -0.127. The van der Waals surface area contributed by atoms with E-state index in [1.807, 2.05) is 38.1 Å². The second-order valence-corrected chi connectivity index (χ2v) is 9.00. The number of fused-ring (bicyclic) bond motifs is 1. The molecule has 8 nitrogen and oxygen atoms in total. The van der Waals surface area contributed by atoms with Gasteiger partial charge in [-0.15, -0.1) is 0 Å². The normalized spacial score (nSPS) is 22.5. The van der Waals surface area contributed by atoms with Crippen molar-refractivity contribution in [3.05, 3.63) is 29.8 Å². The molecule has 1 fully saturated rings. The number of nitrogens with one attached hydrogen (secondary N) is 1. The lowest BCUT2D eigenvalue weighted by Gasteiger charge is -2.37. The minimum atomic E-state index is -0.826. The summed E-state index contributed by atoms with van der Waals surface area (Å²) in [5.41, 5.74) is 1.22. The highest BCUT2D eigenvalue weighted by Crippen LogP contribution is 2.30. The number of amides is 3. The number of imide groups is 1. The molecule has 1 aromatic rings. The molecule has 2 N–H and O–H groups in total. The van der Waals surface area contributed by atoms with Crippen molar-refractivity contribution in [2.75, 3.05) is 20.2 Å². The zero-order valence-electron chi connectivity index (χ0n) is 17.2. The number of amidine groups is 1. The maximum Gasteiger partial charge on any atom is 0.325 e. The number of carbonyl (C=O) groups excluding carboxylic acids is 2. The summed E-state index contributed by atoms with van der Waals surface area (Å²) in [6.45, 7) is 6.42. The molecule has 3 rings (SSSR count). The third-order valence-electron chi connectivity index (χ3n) is 4.85. The van der Waals surface area contributed by atoms with Crippen LogP contribution in [0.4, 0.5) is 4.79 Å². The lowest BCUT2D eigenvalue weighted by atomic mass is 10.1. The molecule has 0 radical (unpaired) electrons. The smallest absolute Gasteiger partial charge is 0.325 e. The van der Waals surface area contributed by atoms with Gasteiger partial charge in [-0.05, 0) is 24.1 Å². The Bertz CT molecular complexity index is 783. The Balaban J connectivity index is 1.68. The Labute approximate surface area is 175 Å². The summed E-state index contributed by atoms with van der Waals surface area (Å²) in [7, 11) is 1.61. The van der Waals surface area contributed by atoms with Crippen LogP contribution in [0, 0.1) is 0 Å². The van der Waals surface area contributed by atoms with Gasteiger partial charge in [0, 0.05) is 12.3 Å². The van der Waals surface area contributed by atoms with Crippen LogP contribution in [-0.4, -0.2) is 75.8 Å². The van der Waals surface area contributed by atoms with E-state index in [4.69, 9.17) is 4.74 Å². The fourth-order valence-electron chi connectivity index (χ4n) is 3.29. The van der Waals surface area contributed by atoms with Crippen LogP contribution in [0.3, 0.4) is 0 Å². The predicted octanol–water partition coefficient (Wildman–Crippen LogP) is 1.68. The summed E-state index contributed by atoms with van der Waals surface area (Å²) in [6, 6.07) is 6.64. The molecule has 0 saturated carbocycles. The van der Waals surface area contributed by atoms with Gasteiger partial charge < -0.3 is 19.6 Å². The minimum absolute atomic E-state index is 0.0926. The van der Waals surface area contributed by atoms with Gasteiger partial charge in [0.05, 0.1) is 6.54 Å². The first-order valence-corrected chi connectivity index (χ1v) is 10.7. The van der Waals surface area contributed by atoms with Gasteiger partial charge in [-0.1, -0.05) is 44.7 Å². The number of nitrogens with zero attached hydrogens (tertiary/aromatic N) is 3. The zero-order valence-corrected chi connectivity index (χ0v) is 18.0. The summed E-state index contributed by atoms with van der Waals surface area (Å²) in [4.78, 5) is 32.2. The van der Waals surface area contributed by atoms with E-state index in [2.05, 4.69) is 17.2 Å². The number of hydrogen-bond acceptors (Lipinski definition) is 7. The van der Waals surface area contributed by atoms with E-state index >= 15 is 0 Å². The third kappa shape index (κ3) is 4.84. The molecular formula is C20H28N4O4S. The molecule has 158 valence electrons. The molecule has 2 aliphatic heterocycles. The molecular weight excluding hydrogens is 392 g/mol.